The van der Waals surface area contributed by atoms with E-state index >= 15 is 0 Å². The van der Waals surface area contributed by atoms with Crippen LogP contribution in [0.3, 0.4) is 0 Å². The van der Waals surface area contributed by atoms with Gasteiger partial charge in [-0.05, 0) is 54.9 Å². The van der Waals surface area contributed by atoms with E-state index in [1.807, 2.05) is 19.1 Å². The molecule has 0 aromatic carbocycles. The van der Waals surface area contributed by atoms with E-state index in [0.717, 1.165) is 28.2 Å². The molecule has 98 valence electrons. The Morgan fingerprint density at radius 1 is 1.44 bits per heavy atom. The molecule has 18 heavy (non-hydrogen) atoms. The fourth-order valence-electron chi connectivity index (χ4n) is 2.02. The number of aryl methyl sites for hydroxylation is 1. The molecule has 0 aliphatic heterocycles. The van der Waals surface area contributed by atoms with Crippen LogP contribution in [-0.2, 0) is 6.42 Å². The average Bonchev–Trinajstić information content (AvgIpc) is 2.87. The van der Waals surface area contributed by atoms with E-state index in [9.17, 15) is 0 Å². The Morgan fingerprint density at radius 3 is 2.78 bits per heavy atom. The molecule has 0 aliphatic rings. The Hall–Kier alpha value is -1.07. The summed E-state index contributed by atoms with van der Waals surface area (Å²) in [6, 6.07) is 6.49. The first-order valence-electron chi connectivity index (χ1n) is 6.07. The van der Waals surface area contributed by atoms with Crippen molar-refractivity contribution in [2.75, 3.05) is 0 Å². The summed E-state index contributed by atoms with van der Waals surface area (Å²) in [7, 11) is 0. The Morgan fingerprint density at radius 2 is 2.22 bits per heavy atom. The van der Waals surface area contributed by atoms with Crippen molar-refractivity contribution in [1.82, 2.24) is 15.5 Å². The standard InChI is InChI=1S/C13H18BrN3O/c1-8(6-11-7-9(2)16-17-11)15-10(3)12-4-5-13(14)18-12/h4-5,7-8,10,15H,6H2,1-3H3,(H,16,17)/t8-,10-/m0/s1. The van der Waals surface area contributed by atoms with Crippen molar-refractivity contribution in [3.63, 3.8) is 0 Å². The fraction of sp³-hybridized carbons (Fsp3) is 0.462. The van der Waals surface area contributed by atoms with Crippen molar-refractivity contribution in [3.8, 4) is 0 Å². The van der Waals surface area contributed by atoms with E-state index in [-0.39, 0.29) is 6.04 Å². The second-order valence-electron chi connectivity index (χ2n) is 4.68. The highest BCUT2D eigenvalue weighted by Crippen LogP contribution is 2.20. The topological polar surface area (TPSA) is 53.9 Å². The molecule has 0 unspecified atom stereocenters. The number of aromatic amines is 1. The van der Waals surface area contributed by atoms with Crippen molar-refractivity contribution in [2.24, 2.45) is 0 Å². The van der Waals surface area contributed by atoms with E-state index in [1.54, 1.807) is 0 Å². The first kappa shape index (κ1) is 13.4. The van der Waals surface area contributed by atoms with Crippen LogP contribution in [0.15, 0.2) is 27.3 Å². The van der Waals surface area contributed by atoms with Crippen LogP contribution in [0.1, 0.15) is 37.0 Å². The lowest BCUT2D eigenvalue weighted by Crippen LogP contribution is -2.30. The third-order valence-electron chi connectivity index (χ3n) is 2.83. The van der Waals surface area contributed by atoms with Gasteiger partial charge in [-0.3, -0.25) is 5.10 Å². The van der Waals surface area contributed by atoms with Gasteiger partial charge in [0.1, 0.15) is 5.76 Å². The molecule has 2 aromatic heterocycles. The summed E-state index contributed by atoms with van der Waals surface area (Å²) in [5.74, 6) is 0.937. The smallest absolute Gasteiger partial charge is 0.169 e. The number of nitrogens with one attached hydrogen (secondary N) is 2. The van der Waals surface area contributed by atoms with E-state index in [4.69, 9.17) is 4.42 Å². The molecular formula is C13H18BrN3O. The van der Waals surface area contributed by atoms with E-state index in [0.29, 0.717) is 6.04 Å². The lowest BCUT2D eigenvalue weighted by atomic mass is 10.1. The third-order valence-corrected chi connectivity index (χ3v) is 3.26. The quantitative estimate of drug-likeness (QED) is 0.890. The van der Waals surface area contributed by atoms with Crippen LogP contribution in [-0.4, -0.2) is 16.2 Å². The largest absolute Gasteiger partial charge is 0.453 e. The van der Waals surface area contributed by atoms with Gasteiger partial charge in [-0.15, -0.1) is 0 Å². The minimum atomic E-state index is 0.186. The number of hydrogen-bond donors (Lipinski definition) is 2. The number of halogens is 1. The lowest BCUT2D eigenvalue weighted by Gasteiger charge is -2.17. The van der Waals surface area contributed by atoms with Crippen LogP contribution < -0.4 is 5.32 Å². The van der Waals surface area contributed by atoms with Crippen LogP contribution in [0.5, 0.6) is 0 Å². The minimum Gasteiger partial charge on any atom is -0.453 e. The van der Waals surface area contributed by atoms with Gasteiger partial charge in [-0.2, -0.15) is 5.10 Å². The van der Waals surface area contributed by atoms with Gasteiger partial charge in [0.2, 0.25) is 0 Å². The Balaban J connectivity index is 1.89. The summed E-state index contributed by atoms with van der Waals surface area (Å²) < 4.78 is 6.30. The average molecular weight is 312 g/mol. The number of H-pyrrole nitrogens is 1. The van der Waals surface area contributed by atoms with Gasteiger partial charge in [-0.1, -0.05) is 0 Å². The first-order chi connectivity index (χ1) is 8.54. The summed E-state index contributed by atoms with van der Waals surface area (Å²) in [6.07, 6.45) is 0.899. The predicted octanol–water partition coefficient (Wildman–Crippen LogP) is 3.36. The first-order valence-corrected chi connectivity index (χ1v) is 6.86. The number of hydrogen-bond acceptors (Lipinski definition) is 3. The molecular weight excluding hydrogens is 294 g/mol. The summed E-state index contributed by atoms with van der Waals surface area (Å²) >= 11 is 3.31. The maximum absolute atomic E-state index is 5.53. The summed E-state index contributed by atoms with van der Waals surface area (Å²) in [4.78, 5) is 0. The molecule has 0 aliphatic carbocycles. The molecule has 2 aromatic rings. The maximum atomic E-state index is 5.53. The van der Waals surface area contributed by atoms with Crippen molar-refractivity contribution >= 4 is 15.9 Å². The van der Waals surface area contributed by atoms with E-state index in [1.165, 1.54) is 0 Å². The monoisotopic (exact) mass is 311 g/mol. The zero-order valence-corrected chi connectivity index (χ0v) is 12.4. The Bertz CT molecular complexity index is 506. The van der Waals surface area contributed by atoms with Crippen molar-refractivity contribution in [3.05, 3.63) is 40.0 Å². The molecule has 2 N–H and O–H groups in total. The predicted molar refractivity (Wildman–Crippen MR) is 74.4 cm³/mol. The number of rotatable bonds is 5. The Kier molecular flexibility index (Phi) is 4.24. The van der Waals surface area contributed by atoms with Gasteiger partial charge in [0.05, 0.1) is 11.7 Å². The van der Waals surface area contributed by atoms with Gasteiger partial charge in [0.15, 0.2) is 4.67 Å². The number of nitrogens with zero attached hydrogens (tertiary/aromatic N) is 1. The Labute approximate surface area is 115 Å². The molecule has 2 heterocycles. The highest BCUT2D eigenvalue weighted by atomic mass is 79.9. The lowest BCUT2D eigenvalue weighted by molar-refractivity contribution is 0.388. The van der Waals surface area contributed by atoms with Crippen molar-refractivity contribution in [2.45, 2.75) is 39.3 Å². The van der Waals surface area contributed by atoms with Gasteiger partial charge >= 0.3 is 0 Å². The molecule has 2 rings (SSSR count). The van der Waals surface area contributed by atoms with Gasteiger partial charge < -0.3 is 9.73 Å². The second kappa shape index (κ2) is 5.71. The minimum absolute atomic E-state index is 0.186. The SMILES string of the molecule is Cc1cc(C[C@H](C)N[C@@H](C)c2ccc(Br)o2)n[nH]1. The van der Waals surface area contributed by atoms with Crippen LogP contribution in [0, 0.1) is 6.92 Å². The molecule has 4 nitrogen and oxygen atoms in total. The summed E-state index contributed by atoms with van der Waals surface area (Å²) in [6.45, 7) is 6.26. The zero-order valence-electron chi connectivity index (χ0n) is 10.8. The van der Waals surface area contributed by atoms with E-state index < -0.39 is 0 Å². The van der Waals surface area contributed by atoms with Crippen LogP contribution >= 0.6 is 15.9 Å². The fourth-order valence-corrected chi connectivity index (χ4v) is 2.34. The number of aromatic nitrogens is 2. The highest BCUT2D eigenvalue weighted by Gasteiger charge is 2.14. The molecule has 0 saturated heterocycles. The van der Waals surface area contributed by atoms with Crippen LogP contribution in [0.25, 0.3) is 0 Å². The molecule has 0 saturated carbocycles. The third kappa shape index (κ3) is 3.46. The molecule has 0 fully saturated rings. The normalized spacial score (nSPS) is 14.7. The summed E-state index contributed by atoms with van der Waals surface area (Å²) in [5.41, 5.74) is 2.18. The van der Waals surface area contributed by atoms with Crippen molar-refractivity contribution < 1.29 is 4.42 Å². The van der Waals surface area contributed by atoms with Gasteiger partial charge in [0.25, 0.3) is 0 Å². The molecule has 5 heteroatoms. The van der Waals surface area contributed by atoms with Crippen molar-refractivity contribution in [1.29, 1.82) is 0 Å². The molecule has 0 amide bonds. The van der Waals surface area contributed by atoms with Gasteiger partial charge in [-0.25, -0.2) is 0 Å². The van der Waals surface area contributed by atoms with Gasteiger partial charge in [0, 0.05) is 18.2 Å². The molecule has 2 atom stereocenters. The molecule has 0 spiro atoms. The van der Waals surface area contributed by atoms with Crippen LogP contribution in [0.2, 0.25) is 0 Å². The number of furan rings is 1. The maximum Gasteiger partial charge on any atom is 0.169 e. The highest BCUT2D eigenvalue weighted by molar-refractivity contribution is 9.10. The van der Waals surface area contributed by atoms with E-state index in [2.05, 4.69) is 51.4 Å². The summed E-state index contributed by atoms with van der Waals surface area (Å²) in [5, 5.41) is 10.7. The molecule has 0 radical (unpaired) electrons. The van der Waals surface area contributed by atoms with Crippen LogP contribution in [0.4, 0.5) is 0 Å². The molecule has 0 bridgehead atoms. The second-order valence-corrected chi connectivity index (χ2v) is 5.46. The zero-order chi connectivity index (χ0) is 13.1.